The molecule has 0 spiro atoms. The third kappa shape index (κ3) is 2.93. The molecule has 108 valence electrons. The van der Waals surface area contributed by atoms with Crippen LogP contribution in [0.1, 0.15) is 52.9 Å². The molecule has 1 saturated heterocycles. The van der Waals surface area contributed by atoms with Gasteiger partial charge in [0.05, 0.1) is 6.54 Å². The Bertz CT molecular complexity index is 350. The van der Waals surface area contributed by atoms with Crippen LogP contribution in [0, 0.1) is 11.8 Å². The molecule has 0 radical (unpaired) electrons. The molecule has 0 aromatic rings. The molecule has 2 aliphatic rings. The van der Waals surface area contributed by atoms with Gasteiger partial charge in [0.2, 0.25) is 11.8 Å². The molecule has 3 atom stereocenters. The molecule has 4 nitrogen and oxygen atoms in total. The van der Waals surface area contributed by atoms with Gasteiger partial charge in [-0.3, -0.25) is 9.59 Å². The van der Waals surface area contributed by atoms with Gasteiger partial charge in [-0.05, 0) is 31.6 Å². The van der Waals surface area contributed by atoms with Crippen LogP contribution in [0.5, 0.6) is 0 Å². The molecule has 4 heteroatoms. The maximum absolute atomic E-state index is 12.6. The van der Waals surface area contributed by atoms with Crippen molar-refractivity contribution >= 4 is 11.8 Å². The number of piperazine rings is 1. The van der Waals surface area contributed by atoms with Crippen molar-refractivity contribution in [3.8, 4) is 0 Å². The number of hydrogen-bond donors (Lipinski definition) is 1. The molecule has 19 heavy (non-hydrogen) atoms. The minimum Gasteiger partial charge on any atom is -0.342 e. The van der Waals surface area contributed by atoms with Crippen molar-refractivity contribution in [3.63, 3.8) is 0 Å². The largest absolute Gasteiger partial charge is 0.342 e. The lowest BCUT2D eigenvalue weighted by Crippen LogP contribution is -2.62. The summed E-state index contributed by atoms with van der Waals surface area (Å²) in [4.78, 5) is 26.3. The van der Waals surface area contributed by atoms with E-state index in [1.807, 2.05) is 11.8 Å². The van der Waals surface area contributed by atoms with Gasteiger partial charge in [0.15, 0.2) is 0 Å². The zero-order valence-electron chi connectivity index (χ0n) is 12.3. The fourth-order valence-electron chi connectivity index (χ4n) is 3.35. The second kappa shape index (κ2) is 5.93. The number of carbonyl (C=O) groups excluding carboxylic acids is 2. The minimum atomic E-state index is -0.324. The predicted molar refractivity (Wildman–Crippen MR) is 74.5 cm³/mol. The van der Waals surface area contributed by atoms with Gasteiger partial charge in [-0.25, -0.2) is 0 Å². The molecular formula is C15H26N2O2. The summed E-state index contributed by atoms with van der Waals surface area (Å²) in [5.74, 6) is 0.894. The number of carbonyl (C=O) groups is 2. The van der Waals surface area contributed by atoms with Crippen molar-refractivity contribution < 1.29 is 9.59 Å². The lowest BCUT2D eigenvalue weighted by Gasteiger charge is -2.40. The SMILES string of the molecule is CCC(C)C1NC(=O)CN(C(C)C2CCCC2)C1=O. The average Bonchev–Trinajstić information content (AvgIpc) is 2.93. The smallest absolute Gasteiger partial charge is 0.246 e. The third-order valence-electron chi connectivity index (χ3n) is 4.97. The van der Waals surface area contributed by atoms with E-state index < -0.39 is 0 Å². The lowest BCUT2D eigenvalue weighted by atomic mass is 9.92. The number of nitrogens with zero attached hydrogens (tertiary/aromatic N) is 1. The molecule has 2 fully saturated rings. The van der Waals surface area contributed by atoms with Gasteiger partial charge in [0.1, 0.15) is 6.04 Å². The van der Waals surface area contributed by atoms with Crippen LogP contribution >= 0.6 is 0 Å². The molecule has 2 amide bonds. The number of amides is 2. The van der Waals surface area contributed by atoms with Crippen LogP contribution in [0.25, 0.3) is 0 Å². The summed E-state index contributed by atoms with van der Waals surface area (Å²) in [6, 6.07) is -0.122. The Morgan fingerprint density at radius 3 is 2.47 bits per heavy atom. The monoisotopic (exact) mass is 266 g/mol. The molecule has 1 aliphatic carbocycles. The van der Waals surface area contributed by atoms with E-state index in [1.54, 1.807) is 0 Å². The summed E-state index contributed by atoms with van der Waals surface area (Å²) < 4.78 is 0. The molecule has 1 heterocycles. The number of hydrogen-bond acceptors (Lipinski definition) is 2. The Balaban J connectivity index is 2.10. The first-order valence-electron chi connectivity index (χ1n) is 7.64. The number of nitrogens with one attached hydrogen (secondary N) is 1. The molecule has 0 bridgehead atoms. The van der Waals surface area contributed by atoms with Gasteiger partial charge in [0.25, 0.3) is 0 Å². The van der Waals surface area contributed by atoms with Gasteiger partial charge in [0, 0.05) is 6.04 Å². The first-order chi connectivity index (χ1) is 9.04. The Morgan fingerprint density at radius 2 is 1.89 bits per heavy atom. The second-order valence-corrected chi connectivity index (χ2v) is 6.18. The van der Waals surface area contributed by atoms with Gasteiger partial charge in [-0.2, -0.15) is 0 Å². The highest BCUT2D eigenvalue weighted by Crippen LogP contribution is 2.31. The van der Waals surface area contributed by atoms with Gasteiger partial charge >= 0.3 is 0 Å². The zero-order valence-corrected chi connectivity index (χ0v) is 12.3. The summed E-state index contributed by atoms with van der Waals surface area (Å²) in [6.07, 6.45) is 5.82. The normalized spacial score (nSPS) is 28.4. The maximum atomic E-state index is 12.6. The van der Waals surface area contributed by atoms with Crippen molar-refractivity contribution in [3.05, 3.63) is 0 Å². The molecule has 0 aromatic heterocycles. The second-order valence-electron chi connectivity index (χ2n) is 6.18. The molecule has 1 aliphatic heterocycles. The fraction of sp³-hybridized carbons (Fsp3) is 0.867. The first kappa shape index (κ1) is 14.4. The molecule has 1 saturated carbocycles. The van der Waals surface area contributed by atoms with Crippen molar-refractivity contribution in [2.24, 2.45) is 11.8 Å². The standard InChI is InChI=1S/C15H26N2O2/c1-4-10(2)14-15(19)17(9-13(18)16-14)11(3)12-7-5-6-8-12/h10-12,14H,4-9H2,1-3H3,(H,16,18). The van der Waals surface area contributed by atoms with Crippen molar-refractivity contribution in [1.82, 2.24) is 10.2 Å². The zero-order chi connectivity index (χ0) is 14.0. The summed E-state index contributed by atoms with van der Waals surface area (Å²) in [6.45, 7) is 6.44. The van der Waals surface area contributed by atoms with Crippen molar-refractivity contribution in [2.45, 2.75) is 65.0 Å². The lowest BCUT2D eigenvalue weighted by molar-refractivity contribution is -0.148. The summed E-state index contributed by atoms with van der Waals surface area (Å²) in [5, 5.41) is 2.86. The van der Waals surface area contributed by atoms with Gasteiger partial charge in [-0.15, -0.1) is 0 Å². The van der Waals surface area contributed by atoms with Crippen molar-refractivity contribution in [1.29, 1.82) is 0 Å². The van der Waals surface area contributed by atoms with E-state index in [9.17, 15) is 9.59 Å². The van der Waals surface area contributed by atoms with Crippen LogP contribution in [0.4, 0.5) is 0 Å². The molecule has 0 aromatic carbocycles. The Morgan fingerprint density at radius 1 is 1.26 bits per heavy atom. The fourth-order valence-corrected chi connectivity index (χ4v) is 3.35. The molecule has 2 rings (SSSR count). The topological polar surface area (TPSA) is 49.4 Å². The van der Waals surface area contributed by atoms with E-state index in [2.05, 4.69) is 19.2 Å². The Labute approximate surface area is 115 Å². The van der Waals surface area contributed by atoms with Crippen LogP contribution in [0.3, 0.4) is 0 Å². The Hall–Kier alpha value is -1.06. The molecule has 1 N–H and O–H groups in total. The first-order valence-corrected chi connectivity index (χ1v) is 7.64. The molecule has 3 unspecified atom stereocenters. The summed E-state index contributed by atoms with van der Waals surface area (Å²) in [7, 11) is 0. The van der Waals surface area contributed by atoms with Crippen LogP contribution in [0.15, 0.2) is 0 Å². The van der Waals surface area contributed by atoms with Crippen LogP contribution in [-0.2, 0) is 9.59 Å². The highest BCUT2D eigenvalue weighted by molar-refractivity contribution is 5.95. The highest BCUT2D eigenvalue weighted by atomic mass is 16.2. The van der Waals surface area contributed by atoms with Crippen LogP contribution in [-0.4, -0.2) is 35.3 Å². The quantitative estimate of drug-likeness (QED) is 0.845. The van der Waals surface area contributed by atoms with Crippen LogP contribution in [0.2, 0.25) is 0 Å². The maximum Gasteiger partial charge on any atom is 0.246 e. The minimum absolute atomic E-state index is 0.00486. The van der Waals surface area contributed by atoms with E-state index in [1.165, 1.54) is 25.7 Å². The summed E-state index contributed by atoms with van der Waals surface area (Å²) >= 11 is 0. The summed E-state index contributed by atoms with van der Waals surface area (Å²) in [5.41, 5.74) is 0. The van der Waals surface area contributed by atoms with E-state index in [0.29, 0.717) is 5.92 Å². The Kier molecular flexibility index (Phi) is 4.48. The molecular weight excluding hydrogens is 240 g/mol. The average molecular weight is 266 g/mol. The van der Waals surface area contributed by atoms with Gasteiger partial charge < -0.3 is 10.2 Å². The van der Waals surface area contributed by atoms with Crippen LogP contribution < -0.4 is 5.32 Å². The third-order valence-corrected chi connectivity index (χ3v) is 4.97. The van der Waals surface area contributed by atoms with E-state index >= 15 is 0 Å². The van der Waals surface area contributed by atoms with E-state index in [-0.39, 0.29) is 36.4 Å². The number of rotatable bonds is 4. The van der Waals surface area contributed by atoms with E-state index in [4.69, 9.17) is 0 Å². The predicted octanol–water partition coefficient (Wildman–Crippen LogP) is 1.94. The highest BCUT2D eigenvalue weighted by Gasteiger charge is 2.39. The van der Waals surface area contributed by atoms with E-state index in [0.717, 1.165) is 6.42 Å². The van der Waals surface area contributed by atoms with Gasteiger partial charge in [-0.1, -0.05) is 33.1 Å². The van der Waals surface area contributed by atoms with Crippen molar-refractivity contribution in [2.75, 3.05) is 6.54 Å².